The van der Waals surface area contributed by atoms with E-state index in [9.17, 15) is 13.2 Å². The van der Waals surface area contributed by atoms with Gasteiger partial charge in [0.2, 0.25) is 5.95 Å². The first-order chi connectivity index (χ1) is 12.3. The molecule has 1 saturated heterocycles. The summed E-state index contributed by atoms with van der Waals surface area (Å²) >= 11 is 0. The number of nitrogens with one attached hydrogen (secondary N) is 2. The number of anilines is 3. The van der Waals surface area contributed by atoms with Gasteiger partial charge in [-0.15, -0.1) is 0 Å². The number of nitrogens with zero attached hydrogens (tertiary/aromatic N) is 4. The molecule has 2 aromatic heterocycles. The van der Waals surface area contributed by atoms with Crippen LogP contribution in [0.15, 0.2) is 12.4 Å². The zero-order valence-electron chi connectivity index (χ0n) is 14.8. The zero-order valence-corrected chi connectivity index (χ0v) is 14.8. The predicted molar refractivity (Wildman–Crippen MR) is 90.6 cm³/mol. The molecule has 0 radical (unpaired) electrons. The summed E-state index contributed by atoms with van der Waals surface area (Å²) < 4.78 is 46.9. The molecule has 0 atom stereocenters. The summed E-state index contributed by atoms with van der Waals surface area (Å²) in [5.41, 5.74) is 1.01. The second-order valence-electron chi connectivity index (χ2n) is 6.77. The summed E-state index contributed by atoms with van der Waals surface area (Å²) in [6.07, 6.45) is 2.55. The van der Waals surface area contributed by atoms with Gasteiger partial charge >= 0.3 is 5.92 Å². The maximum atomic E-state index is 13.6. The molecule has 2 aromatic rings. The fraction of sp³-hybridized carbons (Fsp3) is 0.562. The van der Waals surface area contributed by atoms with Crippen molar-refractivity contribution >= 4 is 17.5 Å². The molecule has 10 heteroatoms. The summed E-state index contributed by atoms with van der Waals surface area (Å²) in [7, 11) is 1.44. The van der Waals surface area contributed by atoms with E-state index in [1.165, 1.54) is 7.05 Å². The minimum atomic E-state index is -3.64. The van der Waals surface area contributed by atoms with E-state index in [1.807, 2.05) is 11.6 Å². The van der Waals surface area contributed by atoms with Crippen molar-refractivity contribution in [1.29, 1.82) is 0 Å². The predicted octanol–water partition coefficient (Wildman–Crippen LogP) is 2.86. The van der Waals surface area contributed by atoms with Crippen LogP contribution in [0.5, 0.6) is 0 Å². The van der Waals surface area contributed by atoms with Crippen LogP contribution in [0, 0.1) is 12.3 Å². The van der Waals surface area contributed by atoms with Gasteiger partial charge in [-0.1, -0.05) is 6.92 Å². The van der Waals surface area contributed by atoms with Crippen molar-refractivity contribution < 1.29 is 17.9 Å². The van der Waals surface area contributed by atoms with E-state index in [2.05, 4.69) is 32.6 Å². The first-order valence-corrected chi connectivity index (χ1v) is 8.14. The molecule has 142 valence electrons. The molecule has 0 spiro atoms. The lowest BCUT2D eigenvalue weighted by Gasteiger charge is -2.38. The highest BCUT2D eigenvalue weighted by Gasteiger charge is 2.36. The van der Waals surface area contributed by atoms with E-state index in [0.29, 0.717) is 25.4 Å². The molecular formula is C16H21F3N6O. The zero-order chi connectivity index (χ0) is 18.9. The van der Waals surface area contributed by atoms with Gasteiger partial charge in [0.15, 0.2) is 6.67 Å². The van der Waals surface area contributed by atoms with Gasteiger partial charge in [0, 0.05) is 18.7 Å². The molecule has 0 amide bonds. The van der Waals surface area contributed by atoms with Crippen LogP contribution in [0.2, 0.25) is 0 Å². The third-order valence-electron chi connectivity index (χ3n) is 4.37. The van der Waals surface area contributed by atoms with Crippen LogP contribution in [0.4, 0.5) is 30.6 Å². The van der Waals surface area contributed by atoms with Gasteiger partial charge in [-0.25, -0.2) is 9.37 Å². The molecule has 7 nitrogen and oxygen atoms in total. The van der Waals surface area contributed by atoms with Crippen LogP contribution >= 0.6 is 0 Å². The van der Waals surface area contributed by atoms with Crippen LogP contribution in [-0.4, -0.2) is 46.7 Å². The lowest BCUT2D eigenvalue weighted by atomic mass is 9.89. The Bertz CT molecular complexity index is 790. The number of hydrogen-bond acceptors (Lipinski definition) is 6. The maximum absolute atomic E-state index is 13.6. The Morgan fingerprint density at radius 2 is 2.08 bits per heavy atom. The van der Waals surface area contributed by atoms with Crippen molar-refractivity contribution in [2.45, 2.75) is 26.3 Å². The second-order valence-corrected chi connectivity index (χ2v) is 6.77. The molecule has 3 heterocycles. The van der Waals surface area contributed by atoms with Gasteiger partial charge in [0.1, 0.15) is 5.82 Å². The molecule has 0 saturated carbocycles. The topological polar surface area (TPSA) is 76.9 Å². The van der Waals surface area contributed by atoms with Gasteiger partial charge < -0.3 is 15.4 Å². The first kappa shape index (κ1) is 18.4. The normalized spacial score (nSPS) is 16.2. The Hall–Kier alpha value is -2.36. The van der Waals surface area contributed by atoms with Gasteiger partial charge in [-0.3, -0.25) is 4.68 Å². The third kappa shape index (κ3) is 3.46. The Labute approximate surface area is 149 Å². The summed E-state index contributed by atoms with van der Waals surface area (Å²) in [4.78, 5) is 7.90. The lowest BCUT2D eigenvalue weighted by molar-refractivity contribution is -0.111. The van der Waals surface area contributed by atoms with Crippen molar-refractivity contribution in [1.82, 2.24) is 19.7 Å². The summed E-state index contributed by atoms with van der Waals surface area (Å²) in [5, 5.41) is 9.88. The minimum absolute atomic E-state index is 0.0590. The highest BCUT2D eigenvalue weighted by molar-refractivity contribution is 5.58. The first-order valence-electron chi connectivity index (χ1n) is 8.14. The molecule has 0 aromatic carbocycles. The Balaban J connectivity index is 1.80. The summed E-state index contributed by atoms with van der Waals surface area (Å²) in [6.45, 7) is 4.29. The molecule has 1 fully saturated rings. The summed E-state index contributed by atoms with van der Waals surface area (Å²) in [5.74, 6) is -3.65. The average molecular weight is 370 g/mol. The molecule has 0 unspecified atom stereocenters. The fourth-order valence-corrected chi connectivity index (χ4v) is 2.72. The average Bonchev–Trinajstić information content (AvgIpc) is 2.93. The quantitative estimate of drug-likeness (QED) is 0.781. The van der Waals surface area contributed by atoms with Crippen LogP contribution in [-0.2, 0) is 17.2 Å². The van der Waals surface area contributed by atoms with E-state index in [1.54, 1.807) is 6.20 Å². The van der Waals surface area contributed by atoms with Crippen LogP contribution in [0.1, 0.15) is 18.2 Å². The van der Waals surface area contributed by atoms with E-state index in [-0.39, 0.29) is 17.2 Å². The molecular weight excluding hydrogens is 349 g/mol. The number of hydrogen-bond donors (Lipinski definition) is 2. The van der Waals surface area contributed by atoms with E-state index < -0.39 is 18.2 Å². The standard InChI is InChI=1S/C16H21F3N6O/c1-10-12(5-22-25(10)7-15(2)8-26-9-15)23-14-21-4-11(13(20-3)24-14)16(18,19)6-17/h4-5H,6-9H2,1-3H3,(H2,20,21,23,24). The molecule has 1 aliphatic heterocycles. The van der Waals surface area contributed by atoms with Crippen molar-refractivity contribution in [2.24, 2.45) is 5.41 Å². The highest BCUT2D eigenvalue weighted by Crippen LogP contribution is 2.33. The van der Waals surface area contributed by atoms with E-state index in [4.69, 9.17) is 4.74 Å². The minimum Gasteiger partial charge on any atom is -0.380 e. The number of rotatable bonds is 7. The van der Waals surface area contributed by atoms with Crippen molar-refractivity contribution in [2.75, 3.05) is 37.6 Å². The third-order valence-corrected chi connectivity index (χ3v) is 4.37. The molecule has 0 aliphatic carbocycles. The smallest absolute Gasteiger partial charge is 0.306 e. The van der Waals surface area contributed by atoms with Gasteiger partial charge in [0.05, 0.1) is 42.9 Å². The Kier molecular flexibility index (Phi) is 4.78. The monoisotopic (exact) mass is 370 g/mol. The van der Waals surface area contributed by atoms with E-state index >= 15 is 0 Å². The number of aromatic nitrogens is 4. The van der Waals surface area contributed by atoms with Crippen LogP contribution in [0.25, 0.3) is 0 Å². The highest BCUT2D eigenvalue weighted by atomic mass is 19.3. The molecule has 26 heavy (non-hydrogen) atoms. The largest absolute Gasteiger partial charge is 0.380 e. The number of alkyl halides is 3. The van der Waals surface area contributed by atoms with Crippen molar-refractivity contribution in [3.63, 3.8) is 0 Å². The lowest BCUT2D eigenvalue weighted by Crippen LogP contribution is -2.43. The molecule has 0 bridgehead atoms. The SMILES string of the molecule is CNc1nc(Nc2cnn(CC3(C)COC3)c2C)ncc1C(F)(F)CF. The number of ether oxygens (including phenoxy) is 1. The Morgan fingerprint density at radius 1 is 1.35 bits per heavy atom. The van der Waals surface area contributed by atoms with Gasteiger partial charge in [-0.05, 0) is 6.92 Å². The van der Waals surface area contributed by atoms with Crippen LogP contribution in [0.3, 0.4) is 0 Å². The molecule has 1 aliphatic rings. The maximum Gasteiger partial charge on any atom is 0.306 e. The van der Waals surface area contributed by atoms with Crippen LogP contribution < -0.4 is 10.6 Å². The Morgan fingerprint density at radius 3 is 2.65 bits per heavy atom. The summed E-state index contributed by atoms with van der Waals surface area (Å²) in [6, 6.07) is 0. The fourth-order valence-electron chi connectivity index (χ4n) is 2.72. The van der Waals surface area contributed by atoms with Gasteiger partial charge in [0.25, 0.3) is 0 Å². The number of halogens is 3. The second kappa shape index (κ2) is 6.75. The molecule has 3 rings (SSSR count). The van der Waals surface area contributed by atoms with Crippen molar-refractivity contribution in [3.8, 4) is 0 Å². The molecule has 2 N–H and O–H groups in total. The van der Waals surface area contributed by atoms with Gasteiger partial charge in [-0.2, -0.15) is 18.9 Å². The van der Waals surface area contributed by atoms with E-state index in [0.717, 1.165) is 11.9 Å². The van der Waals surface area contributed by atoms with Crippen molar-refractivity contribution in [3.05, 3.63) is 23.7 Å².